The Labute approximate surface area is 694 Å². The van der Waals surface area contributed by atoms with E-state index in [1.807, 2.05) is 100 Å². The number of nitrogens with one attached hydrogen (secondary N) is 2. The molecule has 2 N–H and O–H groups in total. The molecule has 4 saturated heterocycles. The van der Waals surface area contributed by atoms with E-state index >= 15 is 41.9 Å². The minimum Gasteiger partial charge on any atom is -0.457 e. The molecule has 6 aliphatic heterocycles. The number of ether oxygens (including phenoxy) is 8. The fourth-order valence-electron chi connectivity index (χ4n) is 16.6. The molecule has 6 unspecified atom stereocenters. The number of amides is 6. The monoisotopic (exact) mass is 1620 g/mol. The highest BCUT2D eigenvalue weighted by Gasteiger charge is 2.51. The molecule has 6 heterocycles. The summed E-state index contributed by atoms with van der Waals surface area (Å²) in [7, 11) is 0. The van der Waals surface area contributed by atoms with E-state index in [2.05, 4.69) is 10.6 Å². The van der Waals surface area contributed by atoms with Crippen molar-refractivity contribution < 1.29 is 79.8 Å². The lowest BCUT2D eigenvalue weighted by Gasteiger charge is -2.38. The van der Waals surface area contributed by atoms with Crippen LogP contribution in [0.1, 0.15) is 107 Å². The van der Waals surface area contributed by atoms with Gasteiger partial charge in [0.25, 0.3) is 35.4 Å². The number of epoxide rings is 4. The number of hydrogen-bond donors (Lipinski definition) is 2. The van der Waals surface area contributed by atoms with Crippen molar-refractivity contribution in [2.45, 2.75) is 116 Å². The second-order valence-corrected chi connectivity index (χ2v) is 32.0. The molecule has 6 aliphatic rings. The van der Waals surface area contributed by atoms with Crippen LogP contribution in [-0.2, 0) is 41.4 Å². The van der Waals surface area contributed by atoms with Crippen molar-refractivity contribution >= 4 is 113 Å². The number of nitrogens with zero attached hydrogens (tertiary/aromatic N) is 4. The number of carbonyl (C=O) groups is 6. The van der Waals surface area contributed by atoms with Gasteiger partial charge in [0.2, 0.25) is 0 Å². The van der Waals surface area contributed by atoms with Crippen LogP contribution in [0.25, 0.3) is 43.1 Å². The van der Waals surface area contributed by atoms with Crippen LogP contribution in [0, 0.1) is 27.7 Å². The Balaban J connectivity index is 0.862. The number of fused-ring (bicyclic) bond motifs is 2. The highest BCUT2D eigenvalue weighted by Crippen LogP contribution is 2.59. The highest BCUT2D eigenvalue weighted by atomic mass is 19.4. The zero-order valence-corrected chi connectivity index (χ0v) is 66.9. The van der Waals surface area contributed by atoms with Crippen molar-refractivity contribution in [2.75, 3.05) is 60.0 Å². The topological polar surface area (TPSA) is 226 Å². The molecule has 0 aromatic heterocycles. The molecule has 0 aliphatic carbocycles. The summed E-state index contributed by atoms with van der Waals surface area (Å²) in [6, 6.07) is 58.5. The molecule has 19 rings (SSSR count). The molecule has 13 aromatic rings. The van der Waals surface area contributed by atoms with E-state index in [1.165, 1.54) is 34.1 Å². The smallest absolute Gasteiger partial charge is 0.391 e. The van der Waals surface area contributed by atoms with Gasteiger partial charge >= 0.3 is 6.18 Å². The second kappa shape index (κ2) is 31.5. The number of halogens is 3. The lowest BCUT2D eigenvalue weighted by atomic mass is 9.80. The van der Waals surface area contributed by atoms with Gasteiger partial charge in [-0.1, -0.05) is 114 Å². The number of hydrogen-bond acceptors (Lipinski definition) is 16. The Morgan fingerprint density at radius 3 is 1.00 bits per heavy atom. The molecule has 0 radical (unpaired) electrons. The predicted molar refractivity (Wildman–Crippen MR) is 455 cm³/mol. The highest BCUT2D eigenvalue weighted by molar-refractivity contribution is 6.45. The molecule has 0 spiro atoms. The Morgan fingerprint density at radius 2 is 0.694 bits per heavy atom. The van der Waals surface area contributed by atoms with Gasteiger partial charge in [0.15, 0.2) is 0 Å². The van der Waals surface area contributed by atoms with E-state index in [1.54, 1.807) is 128 Å². The van der Waals surface area contributed by atoms with Crippen molar-refractivity contribution in [3.8, 4) is 46.0 Å². The molecule has 4 fully saturated rings. The SMILES string of the molecule is CCC(C(=O)N(c1cccc(NCC2CO2)c1)c1cccc(NCC2CO2)c1)N1C(=O)c2cc(Oc3ccc(C)cc3)c3c4c(Oc5ccc(C)cc5)cc5c6c(cc(Oc7ccc(C)cc7)c(c7c(Oc8ccc(C)cc8)cc(c2c37)C1=O)c64)C(=O)N(C(CC(F)(F)F)C(=O)N(c1cccc(CCC2CO2)c1)c1cccc(CCC2CO2)c1)C5=O. The first-order chi connectivity index (χ1) is 58.6. The molecule has 610 valence electrons. The normalized spacial score (nSPS) is 17.5. The molecular formula is C98H83F3N6O14. The van der Waals surface area contributed by atoms with Gasteiger partial charge in [-0.15, -0.1) is 0 Å². The van der Waals surface area contributed by atoms with Crippen LogP contribution < -0.4 is 39.4 Å². The fourth-order valence-corrected chi connectivity index (χ4v) is 16.6. The lowest BCUT2D eigenvalue weighted by molar-refractivity contribution is -0.152. The summed E-state index contributed by atoms with van der Waals surface area (Å²) in [4.78, 5) is 105. The third kappa shape index (κ3) is 15.7. The van der Waals surface area contributed by atoms with Crippen molar-refractivity contribution in [1.82, 2.24) is 9.80 Å². The summed E-state index contributed by atoms with van der Waals surface area (Å²) in [5, 5.41) is 7.66. The van der Waals surface area contributed by atoms with Gasteiger partial charge in [0.1, 0.15) is 58.1 Å². The van der Waals surface area contributed by atoms with E-state index in [9.17, 15) is 0 Å². The van der Waals surface area contributed by atoms with Crippen molar-refractivity contribution in [1.29, 1.82) is 0 Å². The standard InChI is InChI=1S/C98H83F3N6O14/c1-6-78(96(112)105(64-17-9-13-60(41-64)102-48-72-52-116-72)65-18-10-14-61(42-65)103-49-73-53-117-73)106-92(108)74-43-80(118-66-29-19-54(2)20-30-66)86-88-82(120-68-33-23-56(4)24-34-68)45-76-85-77(46-83(121-69-35-25-57(5)26-36-69)89(91(85)88)87-81(119-67-31-21-55(3)22-32-67)44-75(93(106)109)84(74)90(86)87)95(111)107(94(76)110)79(47-98(99,100)101)97(113)104(62-15-7-11-58(39-62)27-37-70-50-114-70)63-16-8-12-59(40-63)28-38-71-51-115-71/h7-26,29-36,39-46,70-73,78-79,102-103H,6,27-28,37-38,47-53H2,1-5H3. The fraction of sp³-hybridized carbons (Fsp3) is 0.245. The predicted octanol–water partition coefficient (Wildman–Crippen LogP) is 20.4. The minimum absolute atomic E-state index is 0.0167. The van der Waals surface area contributed by atoms with Crippen LogP contribution in [0.3, 0.4) is 0 Å². The Bertz CT molecular complexity index is 5980. The van der Waals surface area contributed by atoms with Gasteiger partial charge in [0, 0.05) is 78.9 Å². The number of rotatable bonds is 30. The molecular weight excluding hydrogens is 1540 g/mol. The van der Waals surface area contributed by atoms with Gasteiger partial charge in [-0.25, -0.2) is 0 Å². The third-order valence-electron chi connectivity index (χ3n) is 23.1. The second-order valence-electron chi connectivity index (χ2n) is 32.0. The van der Waals surface area contributed by atoms with Crippen LogP contribution in [0.4, 0.5) is 47.3 Å². The van der Waals surface area contributed by atoms with Crippen molar-refractivity contribution in [3.05, 3.63) is 274 Å². The van der Waals surface area contributed by atoms with Crippen LogP contribution in [0.5, 0.6) is 46.0 Å². The van der Waals surface area contributed by atoms with Crippen LogP contribution in [0.15, 0.2) is 218 Å². The first-order valence-electron chi connectivity index (χ1n) is 40.8. The maximum atomic E-state index is 16.9. The van der Waals surface area contributed by atoms with E-state index in [4.69, 9.17) is 37.9 Å². The van der Waals surface area contributed by atoms with Gasteiger partial charge in [-0.05, 0) is 204 Å². The largest absolute Gasteiger partial charge is 0.457 e. The van der Waals surface area contributed by atoms with Gasteiger partial charge in [-0.3, -0.25) is 48.4 Å². The summed E-state index contributed by atoms with van der Waals surface area (Å²) in [6.07, 6.45) is -4.84. The molecule has 23 heteroatoms. The molecule has 20 nitrogen and oxygen atoms in total. The number of imide groups is 2. The summed E-state index contributed by atoms with van der Waals surface area (Å²) < 4.78 is 99.8. The zero-order chi connectivity index (χ0) is 83.2. The minimum atomic E-state index is -5.20. The maximum absolute atomic E-state index is 16.9. The molecule has 0 bridgehead atoms. The number of benzene rings is 13. The number of anilines is 6. The Morgan fingerprint density at radius 1 is 0.397 bits per heavy atom. The number of aryl methyl sites for hydroxylation is 6. The van der Waals surface area contributed by atoms with Crippen molar-refractivity contribution in [3.63, 3.8) is 0 Å². The zero-order valence-electron chi connectivity index (χ0n) is 66.9. The van der Waals surface area contributed by atoms with Crippen LogP contribution in [0.2, 0.25) is 0 Å². The average molecular weight is 1630 g/mol. The van der Waals surface area contributed by atoms with Crippen molar-refractivity contribution in [2.24, 2.45) is 0 Å². The first-order valence-corrected chi connectivity index (χ1v) is 40.8. The summed E-state index contributed by atoms with van der Waals surface area (Å²) in [5.41, 5.74) is 6.73. The number of alkyl halides is 3. The van der Waals surface area contributed by atoms with Crippen LogP contribution in [-0.4, -0.2) is 127 Å². The summed E-state index contributed by atoms with van der Waals surface area (Å²) in [5.74, 6) is -5.48. The van der Waals surface area contributed by atoms with E-state index < -0.39 is 60.1 Å². The van der Waals surface area contributed by atoms with E-state index in [0.717, 1.165) is 38.3 Å². The maximum Gasteiger partial charge on any atom is 0.391 e. The molecule has 6 amide bonds. The summed E-state index contributed by atoms with van der Waals surface area (Å²) >= 11 is 0. The third-order valence-corrected chi connectivity index (χ3v) is 23.1. The Kier molecular flexibility index (Phi) is 20.2. The van der Waals surface area contributed by atoms with Gasteiger partial charge < -0.3 is 48.5 Å². The molecule has 13 aromatic carbocycles. The summed E-state index contributed by atoms with van der Waals surface area (Å²) in [6.45, 7) is 12.7. The first kappa shape index (κ1) is 77.7. The van der Waals surface area contributed by atoms with E-state index in [-0.39, 0.29) is 154 Å². The van der Waals surface area contributed by atoms with E-state index in [0.29, 0.717) is 92.8 Å². The van der Waals surface area contributed by atoms with Gasteiger partial charge in [-0.2, -0.15) is 13.2 Å². The van der Waals surface area contributed by atoms with Gasteiger partial charge in [0.05, 0.1) is 90.9 Å². The molecule has 121 heavy (non-hydrogen) atoms. The quantitative estimate of drug-likeness (QED) is 0.0185. The lowest BCUT2D eigenvalue weighted by Crippen LogP contribution is -2.55. The average Bonchev–Trinajstić information content (AvgIpc) is 1.22. The molecule has 0 saturated carbocycles. The Hall–Kier alpha value is -13.2. The molecule has 6 atom stereocenters. The van der Waals surface area contributed by atoms with Crippen LogP contribution >= 0.6 is 0 Å². The number of carbonyl (C=O) groups excluding carboxylic acids is 6.